The third kappa shape index (κ3) is 16.1. The number of nitrogens with zero attached hydrogens (tertiary/aromatic N) is 2. The van der Waals surface area contributed by atoms with Crippen LogP contribution in [-0.2, 0) is 9.59 Å². The third-order valence-electron chi connectivity index (χ3n) is 9.93. The average Bonchev–Trinajstić information content (AvgIpc) is 3.19. The van der Waals surface area contributed by atoms with Crippen molar-refractivity contribution in [2.45, 2.75) is 49.6 Å². The first-order valence-corrected chi connectivity index (χ1v) is 19.9. The average molecular weight is 933 g/mol. The van der Waals surface area contributed by atoms with Crippen LogP contribution >= 0.6 is 58.8 Å². The molecule has 0 saturated heterocycles. The molecule has 6 rings (SSSR count). The monoisotopic (exact) mass is 930 g/mol. The van der Waals surface area contributed by atoms with Gasteiger partial charge in [0, 0.05) is 38.0 Å². The minimum atomic E-state index is -1.24. The van der Waals surface area contributed by atoms with Gasteiger partial charge in [-0.15, -0.1) is 12.4 Å². The molecule has 0 radical (unpaired) electrons. The van der Waals surface area contributed by atoms with Gasteiger partial charge in [0.1, 0.15) is 0 Å². The summed E-state index contributed by atoms with van der Waals surface area (Å²) in [6.07, 6.45) is 4.53. The van der Waals surface area contributed by atoms with Crippen molar-refractivity contribution in [2.24, 2.45) is 11.5 Å². The molecule has 60 heavy (non-hydrogen) atoms. The number of hydrogen-bond donors (Lipinski definition) is 6. The van der Waals surface area contributed by atoms with Gasteiger partial charge in [-0.05, 0) is 97.4 Å². The number of fused-ring (bicyclic) bond motifs is 2. The van der Waals surface area contributed by atoms with E-state index in [1.165, 1.54) is 47.5 Å². The van der Waals surface area contributed by atoms with Crippen LogP contribution in [0.3, 0.4) is 0 Å². The molecular formula is C42H51Cl5MgN8O4. The van der Waals surface area contributed by atoms with Crippen molar-refractivity contribution in [1.82, 2.24) is 20.4 Å². The molecule has 4 aromatic rings. The Morgan fingerprint density at radius 1 is 0.617 bits per heavy atom. The van der Waals surface area contributed by atoms with Gasteiger partial charge in [-0.2, -0.15) is 0 Å². The molecule has 12 nitrogen and oxygen atoms in total. The number of carboxylic acid groups (broad SMARTS) is 2. The number of nitrogens with two attached hydrogens (primary N) is 2. The molecule has 8 N–H and O–H groups in total. The molecule has 0 aliphatic heterocycles. The standard InChI is InChI=1S/2C17H17Cl2N.2C4H9N3O2.ClH.Mg/c2*1-20-17-9-7-12(13-4-2-3-5-14(13)17)11-6-8-15(18)16(19)10-11;2*1-7(4(5)6)2-3(8)9;;/h2*2-6,8,10,12,17,20H,7,9H2,1H3;2*2H2,1H3,(H3,5,6)(H,8,9);1H;/q;;;;;+2/p-2/t2*12-,17-;;;;/m00..../s1. The number of rotatable bonds is 8. The van der Waals surface area contributed by atoms with E-state index >= 15 is 0 Å². The Morgan fingerprint density at radius 2 is 0.933 bits per heavy atom. The van der Waals surface area contributed by atoms with Crippen LogP contribution in [0.1, 0.15) is 83.0 Å². The van der Waals surface area contributed by atoms with Crippen LogP contribution in [0.25, 0.3) is 0 Å². The van der Waals surface area contributed by atoms with E-state index in [0.29, 0.717) is 44.0 Å². The zero-order chi connectivity index (χ0) is 43.1. The first-order chi connectivity index (χ1) is 27.5. The molecule has 320 valence electrons. The second kappa shape index (κ2) is 26.7. The Kier molecular flexibility index (Phi) is 24.3. The predicted molar refractivity (Wildman–Crippen MR) is 244 cm³/mol. The Labute approximate surface area is 394 Å². The van der Waals surface area contributed by atoms with Crippen molar-refractivity contribution >= 4 is 106 Å². The van der Waals surface area contributed by atoms with E-state index in [1.807, 2.05) is 38.4 Å². The third-order valence-corrected chi connectivity index (χ3v) is 11.4. The largest absolute Gasteiger partial charge is 2.00 e. The summed E-state index contributed by atoms with van der Waals surface area (Å²) in [7, 11) is 6.86. The molecule has 0 heterocycles. The summed E-state index contributed by atoms with van der Waals surface area (Å²) in [4.78, 5) is 21.7. The van der Waals surface area contributed by atoms with Crippen LogP contribution in [-0.4, -0.2) is 98.0 Å². The van der Waals surface area contributed by atoms with Gasteiger partial charge >= 0.3 is 23.1 Å². The second-order valence-corrected chi connectivity index (χ2v) is 15.4. The number of benzene rings is 4. The number of carboxylic acids is 2. The number of aliphatic carboxylic acids is 2. The smallest absolute Gasteiger partial charge is 0.548 e. The van der Waals surface area contributed by atoms with Gasteiger partial charge in [-0.3, -0.25) is 10.8 Å². The fourth-order valence-electron chi connectivity index (χ4n) is 6.89. The van der Waals surface area contributed by atoms with Gasteiger partial charge in [0.25, 0.3) is 0 Å². The van der Waals surface area contributed by atoms with Gasteiger partial charge in [0.05, 0.1) is 45.1 Å². The van der Waals surface area contributed by atoms with Crippen molar-refractivity contribution in [3.63, 3.8) is 0 Å². The zero-order valence-corrected chi connectivity index (χ0v) is 39.2. The SMILES string of the molecule is CN(CC(=O)[O-])C(=N)N.CN(CC(=O)[O-])C(=N)N.CN[C@H]1CC[C@@H](c2ccc(Cl)c(Cl)c2)c2ccccc21.CN[C@H]1CC[C@@H](c2ccc(Cl)c(Cl)c2)c2ccccc21.Cl.[Mg+2]. The van der Waals surface area contributed by atoms with Crippen LogP contribution < -0.4 is 32.3 Å². The van der Waals surface area contributed by atoms with Gasteiger partial charge in [0.15, 0.2) is 11.9 Å². The molecule has 2 aliphatic carbocycles. The molecule has 0 amide bonds. The minimum absolute atomic E-state index is 0. The molecule has 4 atom stereocenters. The first-order valence-electron chi connectivity index (χ1n) is 18.4. The topological polar surface area (TPSA) is 211 Å². The maximum Gasteiger partial charge on any atom is 2.00 e. The summed E-state index contributed by atoms with van der Waals surface area (Å²) < 4.78 is 0. The first kappa shape index (κ1) is 54.5. The minimum Gasteiger partial charge on any atom is -0.548 e. The fraction of sp³-hybridized carbons (Fsp3) is 0.333. The van der Waals surface area contributed by atoms with E-state index in [-0.39, 0.29) is 60.5 Å². The Bertz CT molecular complexity index is 1910. The van der Waals surface area contributed by atoms with E-state index in [4.69, 9.17) is 68.7 Å². The van der Waals surface area contributed by atoms with Crippen molar-refractivity contribution in [3.8, 4) is 0 Å². The van der Waals surface area contributed by atoms with E-state index in [2.05, 4.69) is 71.3 Å². The molecule has 0 bridgehead atoms. The second-order valence-electron chi connectivity index (χ2n) is 13.8. The van der Waals surface area contributed by atoms with Crippen LogP contribution in [0.2, 0.25) is 20.1 Å². The molecule has 0 spiro atoms. The molecule has 18 heteroatoms. The van der Waals surface area contributed by atoms with Gasteiger partial charge in [-0.25, -0.2) is 0 Å². The molecular weight excluding hydrogens is 882 g/mol. The summed E-state index contributed by atoms with van der Waals surface area (Å²) in [5.41, 5.74) is 17.9. The van der Waals surface area contributed by atoms with E-state index in [1.54, 1.807) is 0 Å². The van der Waals surface area contributed by atoms with Crippen LogP contribution in [0.15, 0.2) is 84.9 Å². The number of guanidine groups is 2. The van der Waals surface area contributed by atoms with Gasteiger partial charge in [-0.1, -0.05) is 107 Å². The Morgan fingerprint density at radius 3 is 1.18 bits per heavy atom. The number of carbonyl (C=O) groups excluding carboxylic acids is 2. The normalized spacial score (nSPS) is 16.9. The predicted octanol–water partition coefficient (Wildman–Crippen LogP) is 5.52. The quantitative estimate of drug-likeness (QED) is 0.0740. The van der Waals surface area contributed by atoms with Gasteiger partial charge in [0.2, 0.25) is 0 Å². The number of halogens is 5. The van der Waals surface area contributed by atoms with Crippen LogP contribution in [0.4, 0.5) is 0 Å². The van der Waals surface area contributed by atoms with Crippen LogP contribution in [0, 0.1) is 10.8 Å². The number of hydrogen-bond acceptors (Lipinski definition) is 8. The van der Waals surface area contributed by atoms with Crippen LogP contribution in [0.5, 0.6) is 0 Å². The zero-order valence-electron chi connectivity index (χ0n) is 33.9. The van der Waals surface area contributed by atoms with E-state index in [0.717, 1.165) is 35.5 Å². The fourth-order valence-corrected chi connectivity index (χ4v) is 7.50. The van der Waals surface area contributed by atoms with E-state index in [9.17, 15) is 19.8 Å². The maximum atomic E-state index is 9.81. The Hall–Kier alpha value is -3.50. The van der Waals surface area contributed by atoms with Gasteiger partial charge < -0.3 is 51.7 Å². The summed E-state index contributed by atoms with van der Waals surface area (Å²) in [5, 5.41) is 42.4. The molecule has 0 unspecified atom stereocenters. The summed E-state index contributed by atoms with van der Waals surface area (Å²) >= 11 is 24.4. The molecule has 4 aromatic carbocycles. The van der Waals surface area contributed by atoms with Crippen molar-refractivity contribution < 1.29 is 19.8 Å². The Balaban J connectivity index is 0.000000424. The van der Waals surface area contributed by atoms with Crippen molar-refractivity contribution in [3.05, 3.63) is 138 Å². The maximum absolute atomic E-state index is 9.81. The molecule has 0 saturated carbocycles. The number of carbonyl (C=O) groups is 2. The van der Waals surface area contributed by atoms with E-state index < -0.39 is 11.9 Å². The number of likely N-dealkylation sites (N-methyl/N-ethyl adjacent to an activating group) is 2. The number of nitrogens with one attached hydrogen (secondary N) is 4. The molecule has 0 aromatic heterocycles. The summed E-state index contributed by atoms with van der Waals surface area (Å²) in [6.45, 7) is -0.676. The summed E-state index contributed by atoms with van der Waals surface area (Å²) in [5.74, 6) is -2.23. The van der Waals surface area contributed by atoms with Crippen molar-refractivity contribution in [1.29, 1.82) is 10.8 Å². The molecule has 0 fully saturated rings. The molecule has 2 aliphatic rings. The van der Waals surface area contributed by atoms with Crippen molar-refractivity contribution in [2.75, 3.05) is 41.3 Å². The summed E-state index contributed by atoms with van der Waals surface area (Å²) in [6, 6.07) is 30.2.